The molecule has 1 N–H and O–H groups in total. The number of hydrogen-bond donors (Lipinski definition) is 1. The molecule has 0 aliphatic carbocycles. The first-order valence-electron chi connectivity index (χ1n) is 8.14. The maximum Gasteiger partial charge on any atom is 0.259 e. The third kappa shape index (κ3) is 1.44. The second-order valence-corrected chi connectivity index (χ2v) is 3.74. The fourth-order valence-corrected chi connectivity index (χ4v) is 1.80. The molecule has 1 amide bonds. The number of fused-ring (bicyclic) bond motifs is 2. The minimum atomic E-state index is -2.62. The molecule has 3 rings (SSSR count). The number of carbonyl (C=O) groups is 1. The fraction of sp³-hybridized carbons (Fsp3) is 0.154. The third-order valence-corrected chi connectivity index (χ3v) is 2.67. The Labute approximate surface area is 113 Å². The van der Waals surface area contributed by atoms with Crippen LogP contribution >= 0.6 is 0 Å². The molecule has 0 aromatic carbocycles. The van der Waals surface area contributed by atoms with E-state index in [2.05, 4.69) is 15.3 Å². The number of nitrogens with one attached hydrogen (secondary N) is 1. The summed E-state index contributed by atoms with van der Waals surface area (Å²) in [5.74, 6) is -0.475. The van der Waals surface area contributed by atoms with Crippen molar-refractivity contribution in [3.63, 3.8) is 0 Å². The lowest BCUT2D eigenvalue weighted by molar-refractivity contribution is 0.102. The second kappa shape index (κ2) is 3.80. The van der Waals surface area contributed by atoms with Gasteiger partial charge in [-0.05, 0) is 30.6 Å². The lowest BCUT2D eigenvalue weighted by Crippen LogP contribution is -2.14. The topological polar surface area (TPSA) is 58.1 Å². The van der Waals surface area contributed by atoms with Crippen LogP contribution < -0.4 is 10.2 Å². The van der Waals surface area contributed by atoms with Gasteiger partial charge in [-0.1, -0.05) is 0 Å². The molecule has 2 aromatic rings. The molecule has 3 heterocycles. The molecule has 0 spiro atoms. The standard InChI is InChI=1S/C13H12N4O/c1-8-5-7-15-12-10(8)16-13(18)9-4-3-6-14-11(9)17(12)2/h3-7H,1-2H3,(H,16,18)/i1D3,3D,5D,6D. The lowest BCUT2D eigenvalue weighted by atomic mass is 10.2. The van der Waals surface area contributed by atoms with Crippen molar-refractivity contribution in [1.82, 2.24) is 9.97 Å². The van der Waals surface area contributed by atoms with Crippen molar-refractivity contribution in [2.75, 3.05) is 17.3 Å². The average molecular weight is 246 g/mol. The highest BCUT2D eigenvalue weighted by atomic mass is 16.1. The molecule has 90 valence electrons. The smallest absolute Gasteiger partial charge is 0.259 e. The summed E-state index contributed by atoms with van der Waals surface area (Å²) in [6.45, 7) is -2.62. The Morgan fingerprint density at radius 3 is 3.17 bits per heavy atom. The van der Waals surface area contributed by atoms with Crippen LogP contribution in [0.15, 0.2) is 30.5 Å². The minimum Gasteiger partial charge on any atom is -0.318 e. The molecule has 2 aromatic heterocycles. The summed E-state index contributed by atoms with van der Waals surface area (Å²) in [5, 5.41) is 2.46. The normalized spacial score (nSPS) is 18.9. The maximum absolute atomic E-state index is 12.5. The van der Waals surface area contributed by atoms with E-state index in [-0.39, 0.29) is 46.7 Å². The molecule has 0 saturated carbocycles. The van der Waals surface area contributed by atoms with E-state index in [1.165, 1.54) is 18.0 Å². The first-order chi connectivity index (χ1) is 11.1. The highest BCUT2D eigenvalue weighted by Crippen LogP contribution is 2.35. The first-order valence-corrected chi connectivity index (χ1v) is 5.14. The number of pyridine rings is 2. The van der Waals surface area contributed by atoms with Gasteiger partial charge in [0.2, 0.25) is 0 Å². The van der Waals surface area contributed by atoms with Crippen LogP contribution in [0.1, 0.15) is 24.1 Å². The summed E-state index contributed by atoms with van der Waals surface area (Å²) in [6, 6.07) is 0.649. The van der Waals surface area contributed by atoms with Crippen molar-refractivity contribution in [1.29, 1.82) is 0 Å². The molecule has 0 fully saturated rings. The van der Waals surface area contributed by atoms with Gasteiger partial charge in [0.25, 0.3) is 5.91 Å². The van der Waals surface area contributed by atoms with Gasteiger partial charge in [-0.15, -0.1) is 0 Å². The Balaban J connectivity index is 2.32. The molecule has 1 aliphatic heterocycles. The van der Waals surface area contributed by atoms with E-state index in [1.54, 1.807) is 0 Å². The van der Waals surface area contributed by atoms with Gasteiger partial charge in [0.05, 0.1) is 15.4 Å². The Morgan fingerprint density at radius 1 is 1.44 bits per heavy atom. The molecular weight excluding hydrogens is 228 g/mol. The number of nitrogens with zero attached hydrogens (tertiary/aromatic N) is 3. The van der Waals surface area contributed by atoms with Crippen LogP contribution in [-0.4, -0.2) is 22.9 Å². The molecule has 0 saturated heterocycles. The van der Waals surface area contributed by atoms with Crippen molar-refractivity contribution in [3.05, 3.63) is 41.6 Å². The summed E-state index contributed by atoms with van der Waals surface area (Å²) >= 11 is 0. The molecule has 5 heteroatoms. The average Bonchev–Trinajstić information content (AvgIpc) is 2.55. The Hall–Kier alpha value is -2.43. The van der Waals surface area contributed by atoms with Crippen molar-refractivity contribution < 1.29 is 13.0 Å². The number of anilines is 3. The van der Waals surface area contributed by atoms with Gasteiger partial charge in [-0.25, -0.2) is 9.97 Å². The highest BCUT2D eigenvalue weighted by Gasteiger charge is 2.25. The molecule has 0 radical (unpaired) electrons. The molecule has 0 bridgehead atoms. The number of amides is 1. The number of carbonyl (C=O) groups excluding carboxylic acids is 1. The zero-order valence-electron chi connectivity index (χ0n) is 15.4. The molecule has 0 atom stereocenters. The number of aromatic nitrogens is 2. The maximum atomic E-state index is 12.5. The van der Waals surface area contributed by atoms with Crippen molar-refractivity contribution in [2.24, 2.45) is 0 Å². The van der Waals surface area contributed by atoms with E-state index in [4.69, 9.17) is 8.22 Å². The minimum absolute atomic E-state index is 0.0273. The van der Waals surface area contributed by atoms with Gasteiger partial charge in [0.15, 0.2) is 5.82 Å². The quantitative estimate of drug-likeness (QED) is 0.773. The Bertz CT molecular complexity index is 867. The van der Waals surface area contributed by atoms with Crippen LogP contribution in [0, 0.1) is 6.85 Å². The summed E-state index contributed by atoms with van der Waals surface area (Å²) in [4.78, 5) is 21.8. The Kier molecular flexibility index (Phi) is 1.26. The highest BCUT2D eigenvalue weighted by molar-refractivity contribution is 6.11. The van der Waals surface area contributed by atoms with Gasteiger partial charge in [-0.3, -0.25) is 4.79 Å². The van der Waals surface area contributed by atoms with E-state index in [0.717, 1.165) is 6.20 Å². The predicted octanol–water partition coefficient (Wildman–Crippen LogP) is 2.12. The van der Waals surface area contributed by atoms with Crippen LogP contribution in [0.5, 0.6) is 0 Å². The van der Waals surface area contributed by atoms with Crippen LogP contribution in [0.25, 0.3) is 0 Å². The summed E-state index contributed by atoms with van der Waals surface area (Å²) in [5.41, 5.74) is -0.386. The summed E-state index contributed by atoms with van der Waals surface area (Å²) in [7, 11) is 1.52. The van der Waals surface area contributed by atoms with Gasteiger partial charge < -0.3 is 10.2 Å². The van der Waals surface area contributed by atoms with Crippen molar-refractivity contribution in [3.8, 4) is 0 Å². The van der Waals surface area contributed by atoms with Gasteiger partial charge in [-0.2, -0.15) is 0 Å². The molecule has 0 unspecified atom stereocenters. The lowest BCUT2D eigenvalue weighted by Gasteiger charge is -2.18. The zero-order chi connectivity index (χ0) is 17.8. The van der Waals surface area contributed by atoms with E-state index in [1.807, 2.05) is 0 Å². The van der Waals surface area contributed by atoms with E-state index >= 15 is 0 Å². The Morgan fingerprint density at radius 2 is 2.33 bits per heavy atom. The van der Waals surface area contributed by atoms with Crippen molar-refractivity contribution >= 4 is 23.2 Å². The van der Waals surface area contributed by atoms with E-state index < -0.39 is 12.8 Å². The molecule has 5 nitrogen and oxygen atoms in total. The zero-order valence-corrected chi connectivity index (χ0v) is 9.40. The van der Waals surface area contributed by atoms with E-state index in [9.17, 15) is 4.79 Å². The van der Waals surface area contributed by atoms with Crippen molar-refractivity contribution in [2.45, 2.75) is 6.85 Å². The number of rotatable bonds is 0. The molecule has 1 aliphatic rings. The third-order valence-electron chi connectivity index (χ3n) is 2.67. The molecule has 18 heavy (non-hydrogen) atoms. The SMILES string of the molecule is [2H]c1cc2c(nc1[2H])N(C)c1ncc([2H])c(C([2H])([2H])[2H])c1NC2=O. The fourth-order valence-electron chi connectivity index (χ4n) is 1.80. The summed E-state index contributed by atoms with van der Waals surface area (Å²) in [6.07, 6.45) is 0.777. The largest absolute Gasteiger partial charge is 0.318 e. The monoisotopic (exact) mass is 246 g/mol. The predicted molar refractivity (Wildman–Crippen MR) is 69.2 cm³/mol. The van der Waals surface area contributed by atoms with Gasteiger partial charge >= 0.3 is 0 Å². The second-order valence-electron chi connectivity index (χ2n) is 3.74. The molecular formula is C13H12N4O. The first kappa shape index (κ1) is 5.95. The van der Waals surface area contributed by atoms with E-state index in [0.29, 0.717) is 0 Å². The number of hydrogen-bond acceptors (Lipinski definition) is 4. The summed E-state index contributed by atoms with van der Waals surface area (Å²) < 4.78 is 46.0. The van der Waals surface area contributed by atoms with Crippen LogP contribution in [0.4, 0.5) is 17.3 Å². The van der Waals surface area contributed by atoms with Crippen LogP contribution in [0.2, 0.25) is 0 Å². The van der Waals surface area contributed by atoms with Gasteiger partial charge in [0.1, 0.15) is 5.82 Å². The van der Waals surface area contributed by atoms with Gasteiger partial charge in [0, 0.05) is 23.5 Å². The van der Waals surface area contributed by atoms with Crippen LogP contribution in [0.3, 0.4) is 0 Å². The van der Waals surface area contributed by atoms with Crippen LogP contribution in [-0.2, 0) is 0 Å².